The highest BCUT2D eigenvalue weighted by atomic mass is 35.5. The van der Waals surface area contributed by atoms with Gasteiger partial charge in [0, 0.05) is 31.5 Å². The molecule has 0 fully saturated rings. The van der Waals surface area contributed by atoms with E-state index in [1.807, 2.05) is 6.07 Å². The smallest absolute Gasteiger partial charge is 0.253 e. The summed E-state index contributed by atoms with van der Waals surface area (Å²) in [5, 5.41) is 12.2. The average molecular weight is 577 g/mol. The summed E-state index contributed by atoms with van der Waals surface area (Å²) >= 11 is 5.43. The molecule has 5 N–H and O–H groups in total. The molecule has 1 aliphatic rings. The van der Waals surface area contributed by atoms with Crippen LogP contribution in [0.5, 0.6) is 0 Å². The maximum Gasteiger partial charge on any atom is 0.253 e. The van der Waals surface area contributed by atoms with Gasteiger partial charge in [0.25, 0.3) is 11.8 Å². The van der Waals surface area contributed by atoms with Crippen molar-refractivity contribution >= 4 is 53.0 Å². The number of nitrogens with zero attached hydrogens (tertiary/aromatic N) is 1. The van der Waals surface area contributed by atoms with Crippen molar-refractivity contribution in [3.05, 3.63) is 48.0 Å². The van der Waals surface area contributed by atoms with Crippen LogP contribution >= 0.6 is 11.6 Å². The number of hydrogen-bond donors (Lipinski definition) is 5. The largest absolute Gasteiger partial charge is 0.347 e. The van der Waals surface area contributed by atoms with Crippen LogP contribution in [-0.2, 0) is 40.0 Å². The first-order chi connectivity index (χ1) is 19.2. The van der Waals surface area contributed by atoms with Crippen LogP contribution in [0.4, 0.5) is 0 Å². The van der Waals surface area contributed by atoms with Crippen LogP contribution in [-0.4, -0.2) is 84.5 Å². The molecule has 0 aliphatic carbocycles. The van der Waals surface area contributed by atoms with Crippen molar-refractivity contribution in [1.29, 1.82) is 0 Å². The number of rotatable bonds is 17. The number of benzene rings is 1. The fourth-order valence-corrected chi connectivity index (χ4v) is 3.77. The first kappa shape index (κ1) is 32.0. The van der Waals surface area contributed by atoms with E-state index in [-0.39, 0.29) is 56.2 Å². The highest BCUT2D eigenvalue weighted by Gasteiger charge is 2.23. The van der Waals surface area contributed by atoms with E-state index in [0.29, 0.717) is 19.3 Å². The van der Waals surface area contributed by atoms with E-state index >= 15 is 0 Å². The van der Waals surface area contributed by atoms with Gasteiger partial charge < -0.3 is 26.6 Å². The van der Waals surface area contributed by atoms with E-state index < -0.39 is 36.2 Å². The lowest BCUT2D eigenvalue weighted by atomic mass is 10.1. The maximum atomic E-state index is 12.6. The second-order valence-corrected chi connectivity index (χ2v) is 9.05. The lowest BCUT2D eigenvalue weighted by Gasteiger charge is -2.19. The molecule has 1 aliphatic heterocycles. The van der Waals surface area contributed by atoms with Gasteiger partial charge in [0.2, 0.25) is 29.5 Å². The second-order valence-electron chi connectivity index (χ2n) is 8.79. The number of alkyl halides is 1. The first-order valence-electron chi connectivity index (χ1n) is 12.7. The lowest BCUT2D eigenvalue weighted by Crippen LogP contribution is -2.52. The Hall–Kier alpha value is -4.26. The Morgan fingerprint density at radius 1 is 0.725 bits per heavy atom. The van der Waals surface area contributed by atoms with Gasteiger partial charge in [0.1, 0.15) is 6.04 Å². The highest BCUT2D eigenvalue weighted by molar-refractivity contribution is 6.18. The Kier molecular flexibility index (Phi) is 13.9. The Morgan fingerprint density at radius 3 is 2.00 bits per heavy atom. The number of carbonyl (C=O) groups is 7. The molecular weight excluding hydrogens is 544 g/mol. The second kappa shape index (κ2) is 17.4. The van der Waals surface area contributed by atoms with Gasteiger partial charge in [-0.15, -0.1) is 11.6 Å². The van der Waals surface area contributed by atoms with Gasteiger partial charge in [-0.25, -0.2) is 0 Å². The van der Waals surface area contributed by atoms with Crippen molar-refractivity contribution in [2.75, 3.05) is 32.2 Å². The average Bonchev–Trinajstić information content (AvgIpc) is 3.26. The summed E-state index contributed by atoms with van der Waals surface area (Å²) in [4.78, 5) is 84.8. The number of carbonyl (C=O) groups excluding carboxylic acids is 7. The monoisotopic (exact) mass is 576 g/mol. The fourth-order valence-electron chi connectivity index (χ4n) is 3.62. The molecule has 14 heteroatoms. The van der Waals surface area contributed by atoms with Gasteiger partial charge in [-0.2, -0.15) is 0 Å². The molecule has 1 unspecified atom stereocenters. The van der Waals surface area contributed by atoms with Crippen molar-refractivity contribution in [2.45, 2.75) is 38.1 Å². The van der Waals surface area contributed by atoms with Gasteiger partial charge in [-0.1, -0.05) is 36.8 Å². The van der Waals surface area contributed by atoms with Crippen LogP contribution in [0.3, 0.4) is 0 Å². The zero-order valence-electron chi connectivity index (χ0n) is 21.9. The fraction of sp³-hybridized carbons (Fsp3) is 0.423. The molecule has 1 aromatic rings. The van der Waals surface area contributed by atoms with E-state index in [1.165, 1.54) is 12.2 Å². The SMILES string of the molecule is O=C(CCCCCN1C(=O)C=CC1=O)NCC(=O)NCC(=O)NC(Cc1ccccc1)C(=O)NCC(=O)NCCl. The summed E-state index contributed by atoms with van der Waals surface area (Å²) in [5.74, 6) is -3.35. The number of halogens is 1. The molecule has 0 saturated heterocycles. The summed E-state index contributed by atoms with van der Waals surface area (Å²) in [6, 6.07) is 7.82. The third kappa shape index (κ3) is 12.1. The molecule has 1 aromatic carbocycles. The number of unbranched alkanes of at least 4 members (excludes halogenated alkanes) is 2. The van der Waals surface area contributed by atoms with Crippen molar-refractivity contribution in [3.63, 3.8) is 0 Å². The van der Waals surface area contributed by atoms with Crippen LogP contribution < -0.4 is 26.6 Å². The zero-order valence-corrected chi connectivity index (χ0v) is 22.6. The van der Waals surface area contributed by atoms with Gasteiger partial charge in [-0.05, 0) is 18.4 Å². The van der Waals surface area contributed by atoms with E-state index in [1.54, 1.807) is 24.3 Å². The molecular formula is C26H33ClN6O7. The Morgan fingerprint density at radius 2 is 1.32 bits per heavy atom. The molecule has 0 aromatic heterocycles. The summed E-state index contributed by atoms with van der Waals surface area (Å²) in [5.41, 5.74) is 0.773. The number of imide groups is 1. The summed E-state index contributed by atoms with van der Waals surface area (Å²) in [7, 11) is 0. The van der Waals surface area contributed by atoms with Crippen molar-refractivity contribution in [3.8, 4) is 0 Å². The molecule has 0 saturated carbocycles. The van der Waals surface area contributed by atoms with Crippen LogP contribution in [0.15, 0.2) is 42.5 Å². The van der Waals surface area contributed by atoms with E-state index in [9.17, 15) is 33.6 Å². The molecule has 2 rings (SSSR count). The topological polar surface area (TPSA) is 183 Å². The van der Waals surface area contributed by atoms with Crippen LogP contribution in [0.1, 0.15) is 31.2 Å². The Bertz CT molecular complexity index is 1090. The minimum absolute atomic E-state index is 0.109. The Balaban J connectivity index is 1.68. The minimum atomic E-state index is -1.01. The molecule has 0 spiro atoms. The third-order valence-corrected chi connectivity index (χ3v) is 5.83. The Labute approximate surface area is 236 Å². The van der Waals surface area contributed by atoms with Gasteiger partial charge in [-0.3, -0.25) is 38.5 Å². The maximum absolute atomic E-state index is 12.6. The first-order valence-corrected chi connectivity index (χ1v) is 13.2. The van der Waals surface area contributed by atoms with Crippen molar-refractivity contribution < 1.29 is 33.6 Å². The number of hydrogen-bond acceptors (Lipinski definition) is 7. The minimum Gasteiger partial charge on any atom is -0.347 e. The summed E-state index contributed by atoms with van der Waals surface area (Å²) in [6.45, 7) is -0.798. The molecule has 216 valence electrons. The van der Waals surface area contributed by atoms with Crippen molar-refractivity contribution in [1.82, 2.24) is 31.5 Å². The lowest BCUT2D eigenvalue weighted by molar-refractivity contribution is -0.137. The van der Waals surface area contributed by atoms with E-state index in [0.717, 1.165) is 10.5 Å². The van der Waals surface area contributed by atoms with Crippen LogP contribution in [0.25, 0.3) is 0 Å². The van der Waals surface area contributed by atoms with Crippen molar-refractivity contribution in [2.24, 2.45) is 0 Å². The number of amides is 7. The standard InChI is InChI=1S/C26H33ClN6O7/c27-17-31-22(36)15-30-26(40)19(13-18-7-3-1-4-8-18)32-23(37)16-29-21(35)14-28-20(34)9-5-2-6-12-33-24(38)10-11-25(33)39/h1,3-4,7-8,10-11,19H,2,5-6,9,12-17H2,(H,28,34)(H,29,35)(H,30,40)(H,31,36)(H,32,37). The van der Waals surface area contributed by atoms with Gasteiger partial charge in [0.05, 0.1) is 25.6 Å². The molecule has 1 atom stereocenters. The normalized spacial score (nSPS) is 13.0. The predicted octanol–water partition coefficient (Wildman–Crippen LogP) is -1.14. The molecule has 13 nitrogen and oxygen atoms in total. The molecule has 0 radical (unpaired) electrons. The molecule has 7 amide bonds. The summed E-state index contributed by atoms with van der Waals surface area (Å²) < 4.78 is 0. The highest BCUT2D eigenvalue weighted by Crippen LogP contribution is 2.07. The van der Waals surface area contributed by atoms with E-state index in [4.69, 9.17) is 11.6 Å². The molecule has 40 heavy (non-hydrogen) atoms. The number of nitrogens with one attached hydrogen (secondary N) is 5. The quantitative estimate of drug-likeness (QED) is 0.0672. The van der Waals surface area contributed by atoms with Gasteiger partial charge in [0.15, 0.2) is 0 Å². The van der Waals surface area contributed by atoms with Crippen LogP contribution in [0.2, 0.25) is 0 Å². The molecule has 1 heterocycles. The third-order valence-electron chi connectivity index (χ3n) is 5.70. The zero-order chi connectivity index (χ0) is 29.3. The summed E-state index contributed by atoms with van der Waals surface area (Å²) in [6.07, 6.45) is 4.44. The molecule has 0 bridgehead atoms. The predicted molar refractivity (Wildman–Crippen MR) is 144 cm³/mol. The van der Waals surface area contributed by atoms with Crippen LogP contribution in [0, 0.1) is 0 Å². The van der Waals surface area contributed by atoms with Gasteiger partial charge >= 0.3 is 0 Å². The van der Waals surface area contributed by atoms with E-state index in [2.05, 4.69) is 26.6 Å².